The van der Waals surface area contributed by atoms with Crippen molar-refractivity contribution in [3.05, 3.63) is 53.9 Å². The maximum absolute atomic E-state index is 13.3. The van der Waals surface area contributed by atoms with Crippen molar-refractivity contribution in [3.63, 3.8) is 0 Å². The van der Waals surface area contributed by atoms with E-state index in [0.717, 1.165) is 10.5 Å². The van der Waals surface area contributed by atoms with Crippen molar-refractivity contribution in [1.29, 1.82) is 0 Å². The molecule has 0 spiro atoms. The second-order valence-electron chi connectivity index (χ2n) is 7.62. The molecule has 0 aliphatic carbocycles. The van der Waals surface area contributed by atoms with Crippen LogP contribution in [-0.4, -0.2) is 46.7 Å². The number of nitrogens with zero attached hydrogens (tertiary/aromatic N) is 2. The van der Waals surface area contributed by atoms with Gasteiger partial charge in [-0.25, -0.2) is 14.5 Å². The Hall–Kier alpha value is -3.76. The highest BCUT2D eigenvalue weighted by Crippen LogP contribution is 2.42. The molecule has 1 aromatic carbocycles. The van der Waals surface area contributed by atoms with Crippen molar-refractivity contribution in [2.24, 2.45) is 5.92 Å². The zero-order valence-corrected chi connectivity index (χ0v) is 17.8. The predicted octanol–water partition coefficient (Wildman–Crippen LogP) is 2.81. The monoisotopic (exact) mass is 461 g/mol. The number of carbonyl (C=O) groups excluding carboxylic acids is 3. The van der Waals surface area contributed by atoms with E-state index in [0.29, 0.717) is 5.56 Å². The molecule has 2 aromatic rings. The smallest absolute Gasteiger partial charge is 0.464 e. The molecule has 33 heavy (non-hydrogen) atoms. The zero-order chi connectivity index (χ0) is 23.8. The van der Waals surface area contributed by atoms with Gasteiger partial charge in [0.05, 0.1) is 18.6 Å². The number of fused-ring (bicyclic) bond motifs is 1. The van der Waals surface area contributed by atoms with E-state index in [-0.39, 0.29) is 24.5 Å². The van der Waals surface area contributed by atoms with Crippen LogP contribution in [0, 0.1) is 5.92 Å². The summed E-state index contributed by atoms with van der Waals surface area (Å²) in [5.74, 6) is -2.26. The van der Waals surface area contributed by atoms with Crippen LogP contribution >= 0.6 is 0 Å². The van der Waals surface area contributed by atoms with Crippen molar-refractivity contribution >= 4 is 17.9 Å². The SMILES string of the molecule is CCOC(=O)[C@@H]1[C@@H](Cc2cccnc2)C(=O)N1C(=O)N[C@H](C)c1ccc2c(c1)OC(F)(F)O2. The molecule has 174 valence electrons. The molecule has 3 atom stereocenters. The minimum absolute atomic E-state index is 0.0941. The number of ether oxygens (including phenoxy) is 3. The topological polar surface area (TPSA) is 107 Å². The Kier molecular flexibility index (Phi) is 5.88. The third kappa shape index (κ3) is 4.43. The molecule has 0 saturated carbocycles. The standard InChI is InChI=1S/C22H21F2N3O6/c1-3-31-20(29)18-15(9-13-5-4-8-25-11-13)19(28)27(18)21(30)26-12(2)14-6-7-16-17(10-14)33-22(23,24)32-16/h4-8,10-12,15,18H,3,9H2,1-2H3,(H,26,30)/t12-,15-,18+/m1/s1. The number of imide groups is 1. The Labute approximate surface area is 187 Å². The summed E-state index contributed by atoms with van der Waals surface area (Å²) in [6.45, 7) is 3.32. The number of pyridine rings is 1. The van der Waals surface area contributed by atoms with Gasteiger partial charge in [-0.2, -0.15) is 0 Å². The van der Waals surface area contributed by atoms with E-state index >= 15 is 0 Å². The average Bonchev–Trinajstić information content (AvgIpc) is 3.09. The number of esters is 1. The molecule has 2 aliphatic heterocycles. The van der Waals surface area contributed by atoms with E-state index in [1.807, 2.05) is 0 Å². The van der Waals surface area contributed by atoms with E-state index < -0.39 is 42.2 Å². The van der Waals surface area contributed by atoms with Gasteiger partial charge >= 0.3 is 18.3 Å². The lowest BCUT2D eigenvalue weighted by Crippen LogP contribution is -2.69. The van der Waals surface area contributed by atoms with Crippen LogP contribution in [0.1, 0.15) is 31.0 Å². The molecule has 0 radical (unpaired) electrons. The number of urea groups is 1. The second-order valence-corrected chi connectivity index (χ2v) is 7.62. The van der Waals surface area contributed by atoms with Gasteiger partial charge in [-0.3, -0.25) is 9.78 Å². The largest absolute Gasteiger partial charge is 0.586 e. The fourth-order valence-corrected chi connectivity index (χ4v) is 3.82. The van der Waals surface area contributed by atoms with Crippen molar-refractivity contribution < 1.29 is 37.4 Å². The number of benzene rings is 1. The van der Waals surface area contributed by atoms with Crippen molar-refractivity contribution in [2.75, 3.05) is 6.61 Å². The van der Waals surface area contributed by atoms with Crippen LogP contribution in [0.25, 0.3) is 0 Å². The molecule has 0 unspecified atom stereocenters. The first kappa shape index (κ1) is 22.4. The third-order valence-corrected chi connectivity index (χ3v) is 5.40. The number of aromatic nitrogens is 1. The first-order chi connectivity index (χ1) is 15.7. The highest BCUT2D eigenvalue weighted by Gasteiger charge is 2.55. The summed E-state index contributed by atoms with van der Waals surface area (Å²) in [5.41, 5.74) is 1.19. The number of carbonyl (C=O) groups is 3. The van der Waals surface area contributed by atoms with Gasteiger partial charge < -0.3 is 19.5 Å². The normalized spacial score (nSPS) is 21.2. The van der Waals surface area contributed by atoms with Crippen LogP contribution in [0.5, 0.6) is 11.5 Å². The predicted molar refractivity (Wildman–Crippen MR) is 108 cm³/mol. The van der Waals surface area contributed by atoms with Gasteiger partial charge in [-0.1, -0.05) is 12.1 Å². The minimum Gasteiger partial charge on any atom is -0.464 e. The van der Waals surface area contributed by atoms with E-state index in [1.54, 1.807) is 38.4 Å². The number of rotatable bonds is 6. The molecule has 1 fully saturated rings. The second kappa shape index (κ2) is 8.64. The van der Waals surface area contributed by atoms with Gasteiger partial charge in [-0.15, -0.1) is 8.78 Å². The molecular formula is C22H21F2N3O6. The number of alkyl halides is 2. The summed E-state index contributed by atoms with van der Waals surface area (Å²) >= 11 is 0. The lowest BCUT2D eigenvalue weighted by atomic mass is 9.83. The van der Waals surface area contributed by atoms with Crippen LogP contribution in [0.4, 0.5) is 13.6 Å². The molecule has 0 bridgehead atoms. The minimum atomic E-state index is -3.76. The van der Waals surface area contributed by atoms with Crippen LogP contribution in [0.3, 0.4) is 0 Å². The number of likely N-dealkylation sites (tertiary alicyclic amines) is 1. The Morgan fingerprint density at radius 3 is 2.73 bits per heavy atom. The molecule has 11 heteroatoms. The first-order valence-corrected chi connectivity index (χ1v) is 10.3. The third-order valence-electron chi connectivity index (χ3n) is 5.40. The molecule has 4 rings (SSSR count). The van der Waals surface area contributed by atoms with Crippen LogP contribution < -0.4 is 14.8 Å². The van der Waals surface area contributed by atoms with Gasteiger partial charge in [0.15, 0.2) is 17.5 Å². The van der Waals surface area contributed by atoms with Gasteiger partial charge in [0.1, 0.15) is 0 Å². The molecule has 2 aliphatic rings. The fraction of sp³-hybridized carbons (Fsp3) is 0.364. The van der Waals surface area contributed by atoms with Gasteiger partial charge in [-0.05, 0) is 49.6 Å². The lowest BCUT2D eigenvalue weighted by molar-refractivity contribution is -0.286. The summed E-state index contributed by atoms with van der Waals surface area (Å²) in [7, 11) is 0. The summed E-state index contributed by atoms with van der Waals surface area (Å²) in [4.78, 5) is 43.0. The van der Waals surface area contributed by atoms with Gasteiger partial charge in [0.2, 0.25) is 5.91 Å². The van der Waals surface area contributed by atoms with Crippen LogP contribution in [0.15, 0.2) is 42.7 Å². The Morgan fingerprint density at radius 1 is 1.27 bits per heavy atom. The molecule has 9 nitrogen and oxygen atoms in total. The van der Waals surface area contributed by atoms with E-state index in [2.05, 4.69) is 19.8 Å². The zero-order valence-electron chi connectivity index (χ0n) is 17.8. The summed E-state index contributed by atoms with van der Waals surface area (Å²) in [6, 6.07) is 5.02. The molecule has 1 saturated heterocycles. The molecule has 3 heterocycles. The van der Waals surface area contributed by atoms with Gasteiger partial charge in [0, 0.05) is 12.4 Å². The van der Waals surface area contributed by atoms with Crippen LogP contribution in [0.2, 0.25) is 0 Å². The summed E-state index contributed by atoms with van der Waals surface area (Å²) < 4.78 is 40.4. The maximum Gasteiger partial charge on any atom is 0.586 e. The van der Waals surface area contributed by atoms with Crippen molar-refractivity contribution in [2.45, 2.75) is 38.6 Å². The molecule has 1 aromatic heterocycles. The van der Waals surface area contributed by atoms with Crippen LogP contribution in [-0.2, 0) is 20.7 Å². The highest BCUT2D eigenvalue weighted by molar-refractivity contribution is 6.08. The Bertz CT molecular complexity index is 1080. The first-order valence-electron chi connectivity index (χ1n) is 10.3. The number of nitrogens with one attached hydrogen (secondary N) is 1. The lowest BCUT2D eigenvalue weighted by Gasteiger charge is -2.44. The Morgan fingerprint density at radius 2 is 2.03 bits per heavy atom. The molecule has 1 N–H and O–H groups in total. The summed E-state index contributed by atoms with van der Waals surface area (Å²) in [6.07, 6.45) is -0.351. The Balaban J connectivity index is 1.47. The van der Waals surface area contributed by atoms with Crippen molar-refractivity contribution in [3.8, 4) is 11.5 Å². The number of hydrogen-bond acceptors (Lipinski definition) is 7. The maximum atomic E-state index is 13.3. The molecular weight excluding hydrogens is 440 g/mol. The average molecular weight is 461 g/mol. The van der Waals surface area contributed by atoms with E-state index in [1.165, 1.54) is 18.2 Å². The van der Waals surface area contributed by atoms with E-state index in [4.69, 9.17) is 4.74 Å². The quantitative estimate of drug-likeness (QED) is 0.521. The van der Waals surface area contributed by atoms with Gasteiger partial charge in [0.25, 0.3) is 0 Å². The number of amides is 3. The number of β-lactam (4-membered cyclic amide) rings is 1. The van der Waals surface area contributed by atoms with E-state index in [9.17, 15) is 23.2 Å². The van der Waals surface area contributed by atoms with Crippen molar-refractivity contribution in [1.82, 2.24) is 15.2 Å². The number of halogens is 2. The fourth-order valence-electron chi connectivity index (χ4n) is 3.82. The summed E-state index contributed by atoms with van der Waals surface area (Å²) in [5, 5.41) is 2.61. The number of hydrogen-bond donors (Lipinski definition) is 1. The molecule has 3 amide bonds. The highest BCUT2D eigenvalue weighted by atomic mass is 19.3.